The van der Waals surface area contributed by atoms with Crippen molar-refractivity contribution in [2.75, 3.05) is 5.32 Å². The van der Waals surface area contributed by atoms with Crippen LogP contribution in [0.25, 0.3) is 22.4 Å². The molecule has 1 aromatic heterocycles. The molecule has 0 aliphatic rings. The number of halogens is 2. The number of hydrogen-bond donors (Lipinski definition) is 1. The molecule has 0 atom stereocenters. The van der Waals surface area contributed by atoms with Gasteiger partial charge in [0.05, 0.1) is 0 Å². The lowest BCUT2D eigenvalue weighted by Gasteiger charge is -2.09. The Morgan fingerprint density at radius 1 is 0.714 bits per heavy atom. The minimum Gasteiger partial charge on any atom is -0.457 e. The zero-order valence-electron chi connectivity index (χ0n) is 18.4. The molecular weight excluding hydrogens is 497 g/mol. The summed E-state index contributed by atoms with van der Waals surface area (Å²) in [6.45, 7) is 0. The number of para-hydroxylation sites is 1. The van der Waals surface area contributed by atoms with Gasteiger partial charge in [-0.25, -0.2) is 4.68 Å². The van der Waals surface area contributed by atoms with E-state index in [0.717, 1.165) is 39.6 Å². The number of anilines is 1. The lowest BCUT2D eigenvalue weighted by atomic mass is 10.0. The zero-order valence-corrected chi connectivity index (χ0v) is 20.7. The lowest BCUT2D eigenvalue weighted by Crippen LogP contribution is -2.19. The summed E-state index contributed by atoms with van der Waals surface area (Å²) in [5.74, 6) is 1.52. The van der Waals surface area contributed by atoms with Crippen molar-refractivity contribution < 1.29 is 4.74 Å². The fourth-order valence-corrected chi connectivity index (χ4v) is 4.01. The second-order valence-electron chi connectivity index (χ2n) is 7.72. The molecule has 0 bridgehead atoms. The Morgan fingerprint density at radius 2 is 1.29 bits per heavy atom. The van der Waals surface area contributed by atoms with E-state index in [1.165, 1.54) is 0 Å². The van der Waals surface area contributed by atoms with Gasteiger partial charge in [-0.2, -0.15) is 5.10 Å². The minimum absolute atomic E-state index is 0.442. The summed E-state index contributed by atoms with van der Waals surface area (Å²) >= 11 is 17.9. The maximum atomic E-state index is 6.10. The van der Waals surface area contributed by atoms with Crippen molar-refractivity contribution in [1.29, 1.82) is 0 Å². The molecular formula is C28H19Cl2N3OS. The van der Waals surface area contributed by atoms with E-state index in [1.54, 1.807) is 4.68 Å². The Labute approximate surface area is 218 Å². The normalized spacial score (nSPS) is 10.7. The summed E-state index contributed by atoms with van der Waals surface area (Å²) in [5, 5.41) is 9.81. The van der Waals surface area contributed by atoms with Gasteiger partial charge in [-0.15, -0.1) is 0 Å². The van der Waals surface area contributed by atoms with Gasteiger partial charge >= 0.3 is 0 Å². The third-order valence-electron chi connectivity index (χ3n) is 5.28. The predicted molar refractivity (Wildman–Crippen MR) is 148 cm³/mol. The molecule has 0 saturated heterocycles. The summed E-state index contributed by atoms with van der Waals surface area (Å²) < 4.78 is 7.52. The number of thiocarbonyl (C=S) groups is 1. The average molecular weight is 516 g/mol. The molecule has 0 unspecified atom stereocenters. The third kappa shape index (κ3) is 5.54. The molecule has 0 amide bonds. The van der Waals surface area contributed by atoms with E-state index in [4.69, 9.17) is 45.3 Å². The number of aromatic nitrogens is 2. The molecule has 172 valence electrons. The quantitative estimate of drug-likeness (QED) is 0.238. The third-order valence-corrected chi connectivity index (χ3v) is 6.07. The molecule has 5 rings (SSSR count). The molecule has 0 aliphatic carbocycles. The molecule has 1 N–H and O–H groups in total. The molecule has 0 radical (unpaired) electrons. The largest absolute Gasteiger partial charge is 0.457 e. The molecule has 7 heteroatoms. The number of benzene rings is 4. The smallest absolute Gasteiger partial charge is 0.198 e. The number of hydrogen-bond acceptors (Lipinski definition) is 3. The van der Waals surface area contributed by atoms with Crippen molar-refractivity contribution in [3.63, 3.8) is 0 Å². The van der Waals surface area contributed by atoms with Crippen LogP contribution >= 0.6 is 35.4 Å². The maximum absolute atomic E-state index is 6.10. The first-order valence-corrected chi connectivity index (χ1v) is 12.0. The molecule has 0 spiro atoms. The maximum Gasteiger partial charge on any atom is 0.198 e. The Bertz CT molecular complexity index is 1390. The van der Waals surface area contributed by atoms with E-state index >= 15 is 0 Å². The van der Waals surface area contributed by atoms with Crippen LogP contribution in [0, 0.1) is 0 Å². The van der Waals surface area contributed by atoms with Gasteiger partial charge in [0.1, 0.15) is 17.2 Å². The summed E-state index contributed by atoms with van der Waals surface area (Å²) in [7, 11) is 0. The molecule has 0 aliphatic heterocycles. The van der Waals surface area contributed by atoms with Crippen LogP contribution in [0.4, 0.5) is 5.69 Å². The fourth-order valence-electron chi connectivity index (χ4n) is 3.55. The van der Waals surface area contributed by atoms with Crippen LogP contribution in [-0.2, 0) is 0 Å². The first kappa shape index (κ1) is 23.1. The van der Waals surface area contributed by atoms with Gasteiger partial charge in [-0.3, -0.25) is 0 Å². The zero-order chi connectivity index (χ0) is 24.2. The average Bonchev–Trinajstić information content (AvgIpc) is 3.32. The molecule has 4 aromatic carbocycles. The highest BCUT2D eigenvalue weighted by Crippen LogP contribution is 2.32. The molecule has 1 heterocycles. The lowest BCUT2D eigenvalue weighted by molar-refractivity contribution is 0.483. The van der Waals surface area contributed by atoms with Crippen molar-refractivity contribution in [3.05, 3.63) is 119 Å². The van der Waals surface area contributed by atoms with Crippen LogP contribution in [0.3, 0.4) is 0 Å². The highest BCUT2D eigenvalue weighted by molar-refractivity contribution is 7.80. The first-order chi connectivity index (χ1) is 17.0. The van der Waals surface area contributed by atoms with Crippen LogP contribution in [-0.4, -0.2) is 14.9 Å². The van der Waals surface area contributed by atoms with E-state index < -0.39 is 0 Å². The molecule has 0 saturated carbocycles. The highest BCUT2D eigenvalue weighted by atomic mass is 35.5. The van der Waals surface area contributed by atoms with Crippen LogP contribution in [0.1, 0.15) is 0 Å². The van der Waals surface area contributed by atoms with Crippen LogP contribution < -0.4 is 10.1 Å². The first-order valence-electron chi connectivity index (χ1n) is 10.8. The number of nitrogens with one attached hydrogen (secondary N) is 1. The van der Waals surface area contributed by atoms with Gasteiger partial charge in [0.25, 0.3) is 0 Å². The van der Waals surface area contributed by atoms with E-state index in [0.29, 0.717) is 15.2 Å². The summed E-state index contributed by atoms with van der Waals surface area (Å²) in [4.78, 5) is 0. The van der Waals surface area contributed by atoms with Gasteiger partial charge in [0.2, 0.25) is 0 Å². The van der Waals surface area contributed by atoms with Gasteiger partial charge < -0.3 is 10.1 Å². The van der Waals surface area contributed by atoms with Gasteiger partial charge in [0, 0.05) is 33.1 Å². The molecule has 0 fully saturated rings. The molecule has 4 nitrogen and oxygen atoms in total. The predicted octanol–water partition coefficient (Wildman–Crippen LogP) is 8.56. The van der Waals surface area contributed by atoms with Crippen molar-refractivity contribution in [2.45, 2.75) is 0 Å². The second-order valence-corrected chi connectivity index (χ2v) is 8.98. The Balaban J connectivity index is 1.40. The Hall–Kier alpha value is -3.64. The minimum atomic E-state index is 0.442. The van der Waals surface area contributed by atoms with E-state index in [9.17, 15) is 0 Å². The van der Waals surface area contributed by atoms with Crippen molar-refractivity contribution >= 4 is 46.2 Å². The van der Waals surface area contributed by atoms with Gasteiger partial charge in [-0.1, -0.05) is 65.7 Å². The van der Waals surface area contributed by atoms with Gasteiger partial charge in [0.15, 0.2) is 5.11 Å². The second kappa shape index (κ2) is 10.3. The van der Waals surface area contributed by atoms with Crippen LogP contribution in [0.15, 0.2) is 109 Å². The summed E-state index contributed by atoms with van der Waals surface area (Å²) in [6.07, 6.45) is 1.91. The molecule has 5 aromatic rings. The van der Waals surface area contributed by atoms with Crippen molar-refractivity contribution in [3.8, 4) is 33.9 Å². The number of rotatable bonds is 5. The van der Waals surface area contributed by atoms with E-state index in [1.807, 2.05) is 109 Å². The van der Waals surface area contributed by atoms with Crippen molar-refractivity contribution in [2.24, 2.45) is 0 Å². The monoisotopic (exact) mass is 515 g/mol. The Kier molecular flexibility index (Phi) is 6.82. The van der Waals surface area contributed by atoms with E-state index in [-0.39, 0.29) is 0 Å². The standard InChI is InChI=1S/C28H19Cl2N3OS/c29-21-10-6-19(7-11-21)26-18-33(32-27(26)20-8-12-22(30)13-9-20)28(35)31-23-14-16-25(17-15-23)34-24-4-2-1-3-5-24/h1-18H,(H,31,35). The highest BCUT2D eigenvalue weighted by Gasteiger charge is 2.15. The van der Waals surface area contributed by atoms with Crippen molar-refractivity contribution in [1.82, 2.24) is 9.78 Å². The SMILES string of the molecule is S=C(Nc1ccc(Oc2ccccc2)cc1)n1cc(-c2ccc(Cl)cc2)c(-c2ccc(Cl)cc2)n1. The fraction of sp³-hybridized carbons (Fsp3) is 0. The topological polar surface area (TPSA) is 39.1 Å². The number of nitrogens with zero attached hydrogens (tertiary/aromatic N) is 2. The Morgan fingerprint density at radius 3 is 1.91 bits per heavy atom. The number of ether oxygens (including phenoxy) is 1. The van der Waals surface area contributed by atoms with E-state index in [2.05, 4.69) is 5.32 Å². The van der Waals surface area contributed by atoms with Gasteiger partial charge in [-0.05, 0) is 78.4 Å². The summed E-state index contributed by atoms with van der Waals surface area (Å²) in [5.41, 5.74) is 4.46. The van der Waals surface area contributed by atoms with Crippen LogP contribution in [0.5, 0.6) is 11.5 Å². The van der Waals surface area contributed by atoms with Crippen LogP contribution in [0.2, 0.25) is 10.0 Å². The molecule has 35 heavy (non-hydrogen) atoms. The summed E-state index contributed by atoms with van der Waals surface area (Å²) in [6, 6.07) is 32.5.